The molecule has 0 bridgehead atoms. The third kappa shape index (κ3) is 3.38. The smallest absolute Gasteiger partial charge is 0.326 e. The van der Waals surface area contributed by atoms with Gasteiger partial charge in [0.25, 0.3) is 0 Å². The van der Waals surface area contributed by atoms with Crippen LogP contribution in [0.2, 0.25) is 0 Å². The van der Waals surface area contributed by atoms with Crippen LogP contribution < -0.4 is 5.32 Å². The second kappa shape index (κ2) is 6.07. The lowest BCUT2D eigenvalue weighted by molar-refractivity contribution is -0.142. The molecule has 1 aromatic rings. The Morgan fingerprint density at radius 1 is 1.25 bits per heavy atom. The Labute approximate surface area is 119 Å². The molecule has 4 nitrogen and oxygen atoms in total. The number of carbonyl (C=O) groups is 2. The van der Waals surface area contributed by atoms with Crippen LogP contribution in [0.3, 0.4) is 0 Å². The average molecular weight is 275 g/mol. The maximum atomic E-state index is 12.2. The zero-order valence-corrected chi connectivity index (χ0v) is 11.9. The minimum atomic E-state index is -0.956. The largest absolute Gasteiger partial charge is 0.480 e. The van der Waals surface area contributed by atoms with Gasteiger partial charge in [-0.2, -0.15) is 0 Å². The van der Waals surface area contributed by atoms with Gasteiger partial charge in [-0.1, -0.05) is 38.1 Å². The molecular weight excluding hydrogens is 254 g/mol. The number of benzene rings is 1. The van der Waals surface area contributed by atoms with E-state index in [0.29, 0.717) is 19.3 Å². The van der Waals surface area contributed by atoms with Crippen LogP contribution in [0.15, 0.2) is 24.3 Å². The molecule has 0 radical (unpaired) electrons. The van der Waals surface area contributed by atoms with E-state index in [4.69, 9.17) is 0 Å². The summed E-state index contributed by atoms with van der Waals surface area (Å²) in [7, 11) is 0. The van der Waals surface area contributed by atoms with Crippen molar-refractivity contribution in [3.05, 3.63) is 35.4 Å². The molecule has 0 aromatic heterocycles. The second-order valence-electron chi connectivity index (χ2n) is 5.90. The van der Waals surface area contributed by atoms with Gasteiger partial charge < -0.3 is 10.4 Å². The molecule has 1 aliphatic carbocycles. The van der Waals surface area contributed by atoms with Gasteiger partial charge in [0, 0.05) is 5.92 Å². The zero-order valence-electron chi connectivity index (χ0n) is 11.9. The summed E-state index contributed by atoms with van der Waals surface area (Å²) in [6, 6.07) is 7.22. The Morgan fingerprint density at radius 2 is 1.80 bits per heavy atom. The van der Waals surface area contributed by atoms with Crippen molar-refractivity contribution in [2.45, 2.75) is 39.2 Å². The minimum absolute atomic E-state index is 0.138. The highest BCUT2D eigenvalue weighted by molar-refractivity contribution is 5.85. The predicted molar refractivity (Wildman–Crippen MR) is 76.4 cm³/mol. The number of aliphatic carboxylic acids is 1. The van der Waals surface area contributed by atoms with Crippen molar-refractivity contribution >= 4 is 11.9 Å². The maximum Gasteiger partial charge on any atom is 0.326 e. The highest BCUT2D eigenvalue weighted by atomic mass is 16.4. The molecule has 0 heterocycles. The van der Waals surface area contributed by atoms with Gasteiger partial charge in [0.15, 0.2) is 0 Å². The summed E-state index contributed by atoms with van der Waals surface area (Å²) in [6.45, 7) is 3.90. The predicted octanol–water partition coefficient (Wildman–Crippen LogP) is 2.02. The summed E-state index contributed by atoms with van der Waals surface area (Å²) in [5, 5.41) is 11.9. The van der Waals surface area contributed by atoms with Crippen LogP contribution in [-0.2, 0) is 22.4 Å². The van der Waals surface area contributed by atoms with Gasteiger partial charge in [-0.15, -0.1) is 0 Å². The Kier molecular flexibility index (Phi) is 4.42. The molecule has 1 amide bonds. The Bertz CT molecular complexity index is 485. The first-order valence-corrected chi connectivity index (χ1v) is 7.07. The number of carboxylic acid groups (broad SMARTS) is 1. The Hall–Kier alpha value is -1.84. The first-order valence-electron chi connectivity index (χ1n) is 7.07. The Balaban J connectivity index is 1.97. The number of rotatable bonds is 5. The van der Waals surface area contributed by atoms with Crippen LogP contribution in [0.4, 0.5) is 0 Å². The first kappa shape index (κ1) is 14.6. The van der Waals surface area contributed by atoms with Gasteiger partial charge in [-0.05, 0) is 36.3 Å². The molecule has 4 heteroatoms. The summed E-state index contributed by atoms with van der Waals surface area (Å²) < 4.78 is 0. The number of carbonyl (C=O) groups excluding carboxylic acids is 1. The van der Waals surface area contributed by atoms with Crippen molar-refractivity contribution < 1.29 is 14.7 Å². The van der Waals surface area contributed by atoms with Crippen molar-refractivity contribution in [1.82, 2.24) is 5.32 Å². The molecule has 0 saturated carbocycles. The molecule has 0 saturated heterocycles. The van der Waals surface area contributed by atoms with Crippen LogP contribution in [0.25, 0.3) is 0 Å². The van der Waals surface area contributed by atoms with Crippen molar-refractivity contribution in [3.8, 4) is 0 Å². The highest BCUT2D eigenvalue weighted by Crippen LogP contribution is 2.26. The molecule has 1 aromatic carbocycles. The minimum Gasteiger partial charge on any atom is -0.480 e. The number of amides is 1. The zero-order chi connectivity index (χ0) is 14.7. The van der Waals surface area contributed by atoms with Crippen LogP contribution in [0.1, 0.15) is 31.4 Å². The number of hydrogen-bond acceptors (Lipinski definition) is 2. The molecule has 20 heavy (non-hydrogen) atoms. The fraction of sp³-hybridized carbons (Fsp3) is 0.500. The van der Waals surface area contributed by atoms with Gasteiger partial charge in [0.1, 0.15) is 6.04 Å². The van der Waals surface area contributed by atoms with E-state index >= 15 is 0 Å². The second-order valence-corrected chi connectivity index (χ2v) is 5.90. The molecule has 2 rings (SSSR count). The lowest BCUT2D eigenvalue weighted by Crippen LogP contribution is -2.44. The number of fused-ring (bicyclic) bond motifs is 1. The van der Waals surface area contributed by atoms with Crippen molar-refractivity contribution in [2.75, 3.05) is 0 Å². The van der Waals surface area contributed by atoms with E-state index in [1.54, 1.807) is 0 Å². The molecule has 108 valence electrons. The summed E-state index contributed by atoms with van der Waals surface area (Å²) in [5.74, 6) is -1.00. The van der Waals surface area contributed by atoms with Gasteiger partial charge in [-0.25, -0.2) is 4.79 Å². The third-order valence-electron chi connectivity index (χ3n) is 3.74. The number of hydrogen-bond donors (Lipinski definition) is 2. The van der Waals surface area contributed by atoms with E-state index in [2.05, 4.69) is 5.32 Å². The lowest BCUT2D eigenvalue weighted by atomic mass is 10.0. The van der Waals surface area contributed by atoms with Crippen LogP contribution in [-0.4, -0.2) is 23.0 Å². The normalized spacial score (nSPS) is 15.9. The molecule has 1 atom stereocenters. The SMILES string of the molecule is CC(C)C[C@@H](NC(=O)C1Cc2ccccc2C1)C(=O)O. The highest BCUT2D eigenvalue weighted by Gasteiger charge is 2.30. The van der Waals surface area contributed by atoms with Crippen LogP contribution in [0.5, 0.6) is 0 Å². The van der Waals surface area contributed by atoms with Crippen molar-refractivity contribution in [2.24, 2.45) is 11.8 Å². The van der Waals surface area contributed by atoms with Gasteiger partial charge >= 0.3 is 5.97 Å². The fourth-order valence-corrected chi connectivity index (χ4v) is 2.73. The summed E-state index contributed by atoms with van der Waals surface area (Å²) in [5.41, 5.74) is 2.40. The van der Waals surface area contributed by atoms with Crippen molar-refractivity contribution in [1.29, 1.82) is 0 Å². The monoisotopic (exact) mass is 275 g/mol. The standard InChI is InChI=1S/C16H21NO3/c1-10(2)7-14(16(19)20)17-15(18)13-8-11-5-3-4-6-12(11)9-13/h3-6,10,13-14H,7-9H2,1-2H3,(H,17,18)(H,19,20)/t14-/m1/s1. The Morgan fingerprint density at radius 3 is 2.25 bits per heavy atom. The van der Waals surface area contributed by atoms with Gasteiger partial charge in [0.05, 0.1) is 0 Å². The van der Waals surface area contributed by atoms with E-state index in [-0.39, 0.29) is 17.7 Å². The maximum absolute atomic E-state index is 12.2. The van der Waals surface area contributed by atoms with Crippen LogP contribution in [0, 0.1) is 11.8 Å². The van der Waals surface area contributed by atoms with Gasteiger partial charge in [0.2, 0.25) is 5.91 Å². The first-order chi connectivity index (χ1) is 9.47. The molecule has 0 unspecified atom stereocenters. The van der Waals surface area contributed by atoms with E-state index in [0.717, 1.165) is 0 Å². The number of nitrogens with one attached hydrogen (secondary N) is 1. The van der Waals surface area contributed by atoms with Gasteiger partial charge in [-0.3, -0.25) is 4.79 Å². The summed E-state index contributed by atoms with van der Waals surface area (Å²) in [6.07, 6.45) is 1.87. The summed E-state index contributed by atoms with van der Waals surface area (Å²) >= 11 is 0. The van der Waals surface area contributed by atoms with Crippen LogP contribution >= 0.6 is 0 Å². The lowest BCUT2D eigenvalue weighted by Gasteiger charge is -2.18. The quantitative estimate of drug-likeness (QED) is 0.864. The fourth-order valence-electron chi connectivity index (χ4n) is 2.73. The van der Waals surface area contributed by atoms with E-state index in [9.17, 15) is 14.7 Å². The number of carboxylic acids is 1. The average Bonchev–Trinajstić information content (AvgIpc) is 2.81. The molecule has 0 spiro atoms. The van der Waals surface area contributed by atoms with E-state index in [1.165, 1.54) is 11.1 Å². The third-order valence-corrected chi connectivity index (χ3v) is 3.74. The molecular formula is C16H21NO3. The van der Waals surface area contributed by atoms with E-state index < -0.39 is 12.0 Å². The molecule has 0 aliphatic heterocycles. The van der Waals surface area contributed by atoms with Crippen molar-refractivity contribution in [3.63, 3.8) is 0 Å². The topological polar surface area (TPSA) is 66.4 Å². The molecule has 0 fully saturated rings. The summed E-state index contributed by atoms with van der Waals surface area (Å²) in [4.78, 5) is 23.4. The molecule has 1 aliphatic rings. The van der Waals surface area contributed by atoms with E-state index in [1.807, 2.05) is 38.1 Å². The molecule has 2 N–H and O–H groups in total.